The van der Waals surface area contributed by atoms with Crippen molar-refractivity contribution in [1.82, 2.24) is 19.7 Å². The van der Waals surface area contributed by atoms with Gasteiger partial charge in [0.25, 0.3) is 0 Å². The molecule has 0 N–H and O–H groups in total. The van der Waals surface area contributed by atoms with Gasteiger partial charge in [-0.05, 0) is 29.8 Å². The summed E-state index contributed by atoms with van der Waals surface area (Å²) in [6.07, 6.45) is 0.535. The highest BCUT2D eigenvalue weighted by molar-refractivity contribution is 6.32. The van der Waals surface area contributed by atoms with Crippen LogP contribution in [0.3, 0.4) is 0 Å². The van der Waals surface area contributed by atoms with Crippen molar-refractivity contribution in [2.24, 2.45) is 0 Å². The molecule has 0 saturated carbocycles. The van der Waals surface area contributed by atoms with Crippen molar-refractivity contribution < 1.29 is 13.2 Å². The van der Waals surface area contributed by atoms with Crippen LogP contribution in [0.2, 0.25) is 5.02 Å². The highest BCUT2D eigenvalue weighted by atomic mass is 35.5. The van der Waals surface area contributed by atoms with E-state index in [1.165, 1.54) is 18.7 Å². The highest BCUT2D eigenvalue weighted by Gasteiger charge is 2.31. The third-order valence-corrected chi connectivity index (χ3v) is 3.72. The highest BCUT2D eigenvalue weighted by Crippen LogP contribution is 2.33. The fourth-order valence-corrected chi connectivity index (χ4v) is 2.44. The van der Waals surface area contributed by atoms with Gasteiger partial charge in [-0.25, -0.2) is 9.67 Å². The number of hydrogen-bond donors (Lipinski definition) is 0. The predicted molar refractivity (Wildman–Crippen MR) is 89.1 cm³/mol. The minimum atomic E-state index is -4.55. The zero-order valence-corrected chi connectivity index (χ0v) is 13.7. The maximum atomic E-state index is 12.7. The van der Waals surface area contributed by atoms with E-state index in [9.17, 15) is 18.4 Å². The number of nitriles is 1. The van der Waals surface area contributed by atoms with Crippen molar-refractivity contribution in [2.75, 3.05) is 0 Å². The molecule has 1 aromatic carbocycles. The summed E-state index contributed by atoms with van der Waals surface area (Å²) in [4.78, 5) is 7.56. The van der Waals surface area contributed by atoms with Crippen molar-refractivity contribution in [3.05, 3.63) is 71.0 Å². The second-order valence-corrected chi connectivity index (χ2v) is 5.56. The van der Waals surface area contributed by atoms with E-state index >= 15 is 0 Å². The first-order valence-electron chi connectivity index (χ1n) is 7.18. The van der Waals surface area contributed by atoms with Crippen LogP contribution in [0.5, 0.6) is 0 Å². The molecule has 0 saturated heterocycles. The van der Waals surface area contributed by atoms with E-state index in [1.807, 2.05) is 6.07 Å². The van der Waals surface area contributed by atoms with E-state index in [2.05, 4.69) is 15.1 Å². The molecule has 0 amide bonds. The Balaban J connectivity index is 1.93. The van der Waals surface area contributed by atoms with Crippen molar-refractivity contribution in [2.45, 2.75) is 6.18 Å². The molecule has 0 fully saturated rings. The summed E-state index contributed by atoms with van der Waals surface area (Å²) in [7, 11) is 0. The molecule has 0 radical (unpaired) electrons. The van der Waals surface area contributed by atoms with Crippen molar-refractivity contribution in [3.8, 4) is 11.8 Å². The largest absolute Gasteiger partial charge is 0.417 e. The molecule has 0 aliphatic heterocycles. The Morgan fingerprint density at radius 1 is 1.23 bits per heavy atom. The van der Waals surface area contributed by atoms with Gasteiger partial charge >= 0.3 is 6.18 Å². The van der Waals surface area contributed by atoms with E-state index in [-0.39, 0.29) is 16.3 Å². The molecular weight excluding hydrogens is 367 g/mol. The number of pyridine rings is 1. The van der Waals surface area contributed by atoms with Crippen LogP contribution < -0.4 is 0 Å². The van der Waals surface area contributed by atoms with Crippen LogP contribution in [0, 0.1) is 11.3 Å². The van der Waals surface area contributed by atoms with E-state index in [4.69, 9.17) is 11.6 Å². The number of benzene rings is 1. The lowest BCUT2D eigenvalue weighted by Crippen LogP contribution is -2.06. The molecule has 0 bridgehead atoms. The van der Waals surface area contributed by atoms with Crippen molar-refractivity contribution >= 4 is 23.3 Å². The molecule has 3 rings (SSSR count). The third kappa shape index (κ3) is 3.73. The van der Waals surface area contributed by atoms with Crippen molar-refractivity contribution in [1.29, 1.82) is 5.26 Å². The van der Waals surface area contributed by atoms with Gasteiger partial charge in [0.1, 0.15) is 18.7 Å². The van der Waals surface area contributed by atoms with Gasteiger partial charge in [-0.1, -0.05) is 23.7 Å². The summed E-state index contributed by atoms with van der Waals surface area (Å²) >= 11 is 5.89. The fourth-order valence-electron chi connectivity index (χ4n) is 2.18. The van der Waals surface area contributed by atoms with E-state index in [1.54, 1.807) is 28.9 Å². The standard InChI is InChI=1S/C17H9ClF3N5/c18-15-6-13(17(19,20)21)8-24-16(15)12(7-22)5-11-1-3-14(4-2-11)26-10-23-9-25-26/h1-6,8-10H. The number of aromatic nitrogens is 4. The number of nitrogens with zero attached hydrogens (tertiary/aromatic N) is 5. The average Bonchev–Trinajstić information content (AvgIpc) is 3.14. The van der Waals surface area contributed by atoms with Gasteiger partial charge in [-0.15, -0.1) is 0 Å². The summed E-state index contributed by atoms with van der Waals surface area (Å²) in [5, 5.41) is 13.1. The van der Waals surface area contributed by atoms with Crippen LogP contribution in [0.25, 0.3) is 17.3 Å². The Morgan fingerprint density at radius 3 is 2.50 bits per heavy atom. The second-order valence-electron chi connectivity index (χ2n) is 5.15. The van der Waals surface area contributed by atoms with Crippen LogP contribution in [0.4, 0.5) is 13.2 Å². The van der Waals surface area contributed by atoms with E-state index in [0.29, 0.717) is 11.8 Å². The van der Waals surface area contributed by atoms with Gasteiger partial charge in [0.05, 0.1) is 27.5 Å². The van der Waals surface area contributed by atoms with Gasteiger partial charge in [0, 0.05) is 6.20 Å². The Morgan fingerprint density at radius 2 is 1.96 bits per heavy atom. The van der Waals surface area contributed by atoms with Crippen LogP contribution in [0.1, 0.15) is 16.8 Å². The second kappa shape index (κ2) is 6.98. The number of rotatable bonds is 3. The summed E-state index contributed by atoms with van der Waals surface area (Å²) in [6.45, 7) is 0. The molecule has 0 atom stereocenters. The van der Waals surface area contributed by atoms with E-state index < -0.39 is 11.7 Å². The minimum absolute atomic E-state index is 0.0116. The molecule has 3 aromatic rings. The Kier molecular flexibility index (Phi) is 4.73. The maximum Gasteiger partial charge on any atom is 0.417 e. The lowest BCUT2D eigenvalue weighted by Gasteiger charge is -2.08. The van der Waals surface area contributed by atoms with Crippen LogP contribution >= 0.6 is 11.6 Å². The Bertz CT molecular complexity index is 987. The molecule has 0 aliphatic rings. The fraction of sp³-hybridized carbons (Fsp3) is 0.0588. The number of halogens is 4. The molecule has 0 spiro atoms. The topological polar surface area (TPSA) is 67.4 Å². The molecule has 0 unspecified atom stereocenters. The Labute approximate surface area is 151 Å². The summed E-state index contributed by atoms with van der Waals surface area (Å²) in [5.41, 5.74) is 0.493. The molecule has 0 aliphatic carbocycles. The quantitative estimate of drug-likeness (QED) is 0.636. The van der Waals surface area contributed by atoms with Gasteiger partial charge in [0.2, 0.25) is 0 Å². The Hall–Kier alpha value is -3.18. The number of alkyl halides is 3. The number of hydrogen-bond acceptors (Lipinski definition) is 4. The molecule has 2 heterocycles. The van der Waals surface area contributed by atoms with Crippen LogP contribution in [-0.2, 0) is 6.18 Å². The van der Waals surface area contributed by atoms with Gasteiger partial charge in [-0.3, -0.25) is 4.98 Å². The molecule has 5 nitrogen and oxygen atoms in total. The first-order valence-corrected chi connectivity index (χ1v) is 7.56. The van der Waals surface area contributed by atoms with Gasteiger partial charge in [-0.2, -0.15) is 23.5 Å². The average molecular weight is 376 g/mol. The maximum absolute atomic E-state index is 12.7. The lowest BCUT2D eigenvalue weighted by molar-refractivity contribution is -0.137. The molecule has 2 aromatic heterocycles. The molecule has 9 heteroatoms. The first-order chi connectivity index (χ1) is 12.4. The number of allylic oxidation sites excluding steroid dienone is 1. The van der Waals surface area contributed by atoms with E-state index in [0.717, 1.165) is 11.8 Å². The minimum Gasteiger partial charge on any atom is -0.253 e. The SMILES string of the molecule is N#CC(=Cc1ccc(-n2cncn2)cc1)c1ncc(C(F)(F)F)cc1Cl. The summed E-state index contributed by atoms with van der Waals surface area (Å²) < 4.78 is 39.6. The molecule has 26 heavy (non-hydrogen) atoms. The van der Waals surface area contributed by atoms with Crippen LogP contribution in [0.15, 0.2) is 49.2 Å². The molecular formula is C17H9ClF3N5. The smallest absolute Gasteiger partial charge is 0.253 e. The predicted octanol–water partition coefficient (Wildman–Crippen LogP) is 4.40. The van der Waals surface area contributed by atoms with Gasteiger partial charge < -0.3 is 0 Å². The summed E-state index contributed by atoms with van der Waals surface area (Å²) in [6, 6.07) is 9.65. The zero-order chi connectivity index (χ0) is 18.7. The van der Waals surface area contributed by atoms with Crippen LogP contribution in [-0.4, -0.2) is 19.7 Å². The lowest BCUT2D eigenvalue weighted by atomic mass is 10.1. The van der Waals surface area contributed by atoms with Crippen molar-refractivity contribution in [3.63, 3.8) is 0 Å². The van der Waals surface area contributed by atoms with Gasteiger partial charge in [0.15, 0.2) is 0 Å². The molecule has 130 valence electrons. The normalized spacial score (nSPS) is 12.0. The third-order valence-electron chi connectivity index (χ3n) is 3.43. The zero-order valence-electron chi connectivity index (χ0n) is 12.9. The monoisotopic (exact) mass is 375 g/mol. The summed E-state index contributed by atoms with van der Waals surface area (Å²) in [5.74, 6) is 0. The first kappa shape index (κ1) is 17.6.